The van der Waals surface area contributed by atoms with Crippen LogP contribution in [0.5, 0.6) is 5.75 Å². The average molecular weight is 291 g/mol. The summed E-state index contributed by atoms with van der Waals surface area (Å²) in [6, 6.07) is 5.67. The first-order valence-corrected chi connectivity index (χ1v) is 7.68. The van der Waals surface area contributed by atoms with Gasteiger partial charge in [0.25, 0.3) is 0 Å². The molecule has 1 aliphatic rings. The molecule has 5 nitrogen and oxygen atoms in total. The lowest BCUT2D eigenvalue weighted by Gasteiger charge is -2.36. The van der Waals surface area contributed by atoms with E-state index in [4.69, 9.17) is 10.5 Å². The van der Waals surface area contributed by atoms with Crippen molar-refractivity contribution in [3.8, 4) is 5.75 Å². The third-order valence-corrected chi connectivity index (χ3v) is 3.84. The lowest BCUT2D eigenvalue weighted by Crippen LogP contribution is -2.48. The fourth-order valence-corrected chi connectivity index (χ4v) is 2.72. The second-order valence-corrected chi connectivity index (χ2v) is 5.39. The second kappa shape index (κ2) is 7.20. The summed E-state index contributed by atoms with van der Waals surface area (Å²) in [5.74, 6) is 0.776. The van der Waals surface area contributed by atoms with E-state index in [0.29, 0.717) is 18.0 Å². The number of carbonyl (C=O) groups is 1. The minimum Gasteiger partial charge on any atom is -0.491 e. The largest absolute Gasteiger partial charge is 0.491 e. The Hall–Kier alpha value is -1.91. The normalized spacial score (nSPS) is 18.4. The van der Waals surface area contributed by atoms with Gasteiger partial charge in [0, 0.05) is 25.3 Å². The summed E-state index contributed by atoms with van der Waals surface area (Å²) < 4.78 is 5.69. The Morgan fingerprint density at radius 1 is 1.48 bits per heavy atom. The van der Waals surface area contributed by atoms with E-state index in [1.165, 1.54) is 0 Å². The van der Waals surface area contributed by atoms with Gasteiger partial charge in [0.1, 0.15) is 11.8 Å². The predicted molar refractivity (Wildman–Crippen MR) is 85.7 cm³/mol. The molecule has 1 amide bonds. The Morgan fingerprint density at radius 2 is 2.29 bits per heavy atom. The van der Waals surface area contributed by atoms with Gasteiger partial charge in [-0.1, -0.05) is 6.92 Å². The maximum atomic E-state index is 12.1. The summed E-state index contributed by atoms with van der Waals surface area (Å²) in [5, 5.41) is 2.76. The highest BCUT2D eigenvalue weighted by Gasteiger charge is 2.28. The Kier molecular flexibility index (Phi) is 5.31. The van der Waals surface area contributed by atoms with E-state index in [1.807, 2.05) is 18.2 Å². The molecule has 1 saturated heterocycles. The van der Waals surface area contributed by atoms with Gasteiger partial charge >= 0.3 is 0 Å². The average Bonchev–Trinajstić information content (AvgIpc) is 2.53. The van der Waals surface area contributed by atoms with Gasteiger partial charge in [-0.05, 0) is 37.8 Å². The van der Waals surface area contributed by atoms with E-state index in [0.717, 1.165) is 37.9 Å². The number of amides is 1. The van der Waals surface area contributed by atoms with Crippen LogP contribution in [-0.2, 0) is 4.79 Å². The highest BCUT2D eigenvalue weighted by Crippen LogP contribution is 2.31. The lowest BCUT2D eigenvalue weighted by molar-refractivity contribution is -0.122. The topological polar surface area (TPSA) is 67.6 Å². The third kappa shape index (κ3) is 3.60. The zero-order chi connectivity index (χ0) is 15.2. The summed E-state index contributed by atoms with van der Waals surface area (Å²) >= 11 is 0. The van der Waals surface area contributed by atoms with E-state index in [9.17, 15) is 4.79 Å². The van der Waals surface area contributed by atoms with E-state index in [-0.39, 0.29) is 11.9 Å². The van der Waals surface area contributed by atoms with E-state index in [1.54, 1.807) is 7.05 Å². The van der Waals surface area contributed by atoms with Gasteiger partial charge < -0.3 is 20.7 Å². The number of ether oxygens (including phenoxy) is 1. The molecule has 0 aromatic heterocycles. The number of piperidine rings is 1. The number of anilines is 2. The maximum absolute atomic E-state index is 12.1. The smallest absolute Gasteiger partial charge is 0.242 e. The zero-order valence-electron chi connectivity index (χ0n) is 12.9. The van der Waals surface area contributed by atoms with Crippen molar-refractivity contribution in [2.75, 3.05) is 30.8 Å². The first-order valence-electron chi connectivity index (χ1n) is 7.68. The van der Waals surface area contributed by atoms with Gasteiger partial charge in [0.05, 0.1) is 12.3 Å². The number of nitrogens with one attached hydrogen (secondary N) is 1. The van der Waals surface area contributed by atoms with Gasteiger partial charge in [0.2, 0.25) is 5.91 Å². The summed E-state index contributed by atoms with van der Waals surface area (Å²) in [6.45, 7) is 3.59. The number of nitrogens with zero attached hydrogens (tertiary/aromatic N) is 1. The molecule has 1 aliphatic heterocycles. The van der Waals surface area contributed by atoms with Crippen LogP contribution in [0.2, 0.25) is 0 Å². The van der Waals surface area contributed by atoms with Crippen molar-refractivity contribution in [2.24, 2.45) is 0 Å². The molecular weight excluding hydrogens is 266 g/mol. The SMILES string of the molecule is CCCOc1cc(N2CCCCC2C(=O)NC)ccc1N. The van der Waals surface area contributed by atoms with E-state index >= 15 is 0 Å². The molecule has 5 heteroatoms. The molecule has 21 heavy (non-hydrogen) atoms. The van der Waals surface area contributed by atoms with Crippen molar-refractivity contribution in [2.45, 2.75) is 38.6 Å². The van der Waals surface area contributed by atoms with Crippen LogP contribution in [0.4, 0.5) is 11.4 Å². The van der Waals surface area contributed by atoms with Crippen LogP contribution in [0.3, 0.4) is 0 Å². The molecule has 0 aliphatic carbocycles. The number of nitrogens with two attached hydrogens (primary N) is 1. The lowest BCUT2D eigenvalue weighted by atomic mass is 10.0. The van der Waals surface area contributed by atoms with Crippen LogP contribution in [0.15, 0.2) is 18.2 Å². The Bertz CT molecular complexity index is 490. The summed E-state index contributed by atoms with van der Waals surface area (Å²) in [5.41, 5.74) is 7.60. The second-order valence-electron chi connectivity index (χ2n) is 5.39. The number of benzene rings is 1. The monoisotopic (exact) mass is 291 g/mol. The molecule has 1 unspecified atom stereocenters. The Balaban J connectivity index is 2.23. The molecule has 1 aromatic carbocycles. The van der Waals surface area contributed by atoms with Crippen molar-refractivity contribution in [3.63, 3.8) is 0 Å². The molecule has 0 radical (unpaired) electrons. The first-order chi connectivity index (χ1) is 10.2. The van der Waals surface area contributed by atoms with Gasteiger partial charge in [-0.15, -0.1) is 0 Å². The highest BCUT2D eigenvalue weighted by atomic mass is 16.5. The fourth-order valence-electron chi connectivity index (χ4n) is 2.72. The minimum absolute atomic E-state index is 0.0718. The maximum Gasteiger partial charge on any atom is 0.242 e. The van der Waals surface area contributed by atoms with Crippen molar-refractivity contribution < 1.29 is 9.53 Å². The third-order valence-electron chi connectivity index (χ3n) is 3.84. The van der Waals surface area contributed by atoms with Crippen LogP contribution in [0.1, 0.15) is 32.6 Å². The van der Waals surface area contributed by atoms with Crippen LogP contribution in [-0.4, -0.2) is 32.1 Å². The van der Waals surface area contributed by atoms with Gasteiger partial charge in [0.15, 0.2) is 0 Å². The standard InChI is InChI=1S/C16H25N3O2/c1-3-10-21-15-11-12(7-8-13(15)17)19-9-5-4-6-14(19)16(20)18-2/h7-8,11,14H,3-6,9-10,17H2,1-2H3,(H,18,20). The molecule has 1 aromatic rings. The Morgan fingerprint density at radius 3 is 3.00 bits per heavy atom. The summed E-state index contributed by atoms with van der Waals surface area (Å²) in [6.07, 6.45) is 4.01. The Labute approximate surface area is 126 Å². The molecule has 3 N–H and O–H groups in total. The van der Waals surface area contributed by atoms with Crippen molar-refractivity contribution in [1.29, 1.82) is 0 Å². The van der Waals surface area contributed by atoms with Crippen LogP contribution >= 0.6 is 0 Å². The van der Waals surface area contributed by atoms with Gasteiger partial charge in [-0.3, -0.25) is 4.79 Å². The molecule has 1 fully saturated rings. The van der Waals surface area contributed by atoms with Crippen LogP contribution in [0.25, 0.3) is 0 Å². The number of hydrogen-bond acceptors (Lipinski definition) is 4. The molecule has 1 heterocycles. The molecule has 1 atom stereocenters. The number of rotatable bonds is 5. The molecule has 0 spiro atoms. The molecule has 0 saturated carbocycles. The van der Waals surface area contributed by atoms with Crippen molar-refractivity contribution in [3.05, 3.63) is 18.2 Å². The fraction of sp³-hybridized carbons (Fsp3) is 0.562. The van der Waals surface area contributed by atoms with Crippen molar-refractivity contribution >= 4 is 17.3 Å². The minimum atomic E-state index is -0.105. The molecular formula is C16H25N3O2. The van der Waals surface area contributed by atoms with Crippen LogP contribution in [0, 0.1) is 0 Å². The quantitative estimate of drug-likeness (QED) is 0.816. The number of hydrogen-bond donors (Lipinski definition) is 2. The van der Waals surface area contributed by atoms with E-state index in [2.05, 4.69) is 17.1 Å². The highest BCUT2D eigenvalue weighted by molar-refractivity contribution is 5.85. The number of likely N-dealkylation sites (N-methyl/N-ethyl adjacent to an activating group) is 1. The first kappa shape index (κ1) is 15.5. The summed E-state index contributed by atoms with van der Waals surface area (Å²) in [4.78, 5) is 14.2. The van der Waals surface area contributed by atoms with Gasteiger partial charge in [-0.2, -0.15) is 0 Å². The summed E-state index contributed by atoms with van der Waals surface area (Å²) in [7, 11) is 1.69. The number of nitrogen functional groups attached to an aromatic ring is 1. The number of carbonyl (C=O) groups excluding carboxylic acids is 1. The predicted octanol–water partition coefficient (Wildman–Crippen LogP) is 2.16. The van der Waals surface area contributed by atoms with Crippen LogP contribution < -0.4 is 20.7 Å². The van der Waals surface area contributed by atoms with Gasteiger partial charge in [-0.25, -0.2) is 0 Å². The zero-order valence-corrected chi connectivity index (χ0v) is 12.9. The van der Waals surface area contributed by atoms with Crippen molar-refractivity contribution in [1.82, 2.24) is 5.32 Å². The van der Waals surface area contributed by atoms with E-state index < -0.39 is 0 Å². The molecule has 0 bridgehead atoms. The molecule has 2 rings (SSSR count). The molecule has 116 valence electrons.